The van der Waals surface area contributed by atoms with E-state index in [0.29, 0.717) is 17.4 Å². The zero-order valence-corrected chi connectivity index (χ0v) is 50.1. The molecule has 0 bridgehead atoms. The summed E-state index contributed by atoms with van der Waals surface area (Å²) in [7, 11) is 1.59. The molecule has 3 N–H and O–H groups in total. The molecule has 0 spiro atoms. The Morgan fingerprint density at radius 3 is 1.03 bits per heavy atom. The highest BCUT2D eigenvalue weighted by Gasteiger charge is 2.28. The summed E-state index contributed by atoms with van der Waals surface area (Å²) in [6, 6.07) is -0.842. The van der Waals surface area contributed by atoms with Gasteiger partial charge in [-0.25, -0.2) is 4.57 Å². The number of hydrogen-bond acceptors (Lipinski definition) is 5. The predicted molar refractivity (Wildman–Crippen MR) is 314 cm³/mol. The van der Waals surface area contributed by atoms with Gasteiger partial charge in [0.1, 0.15) is 13.2 Å². The molecule has 72 heavy (non-hydrogen) atoms. The van der Waals surface area contributed by atoms with Crippen LogP contribution in [-0.2, 0) is 18.4 Å². The minimum atomic E-state index is -4.34. The van der Waals surface area contributed by atoms with Crippen molar-refractivity contribution in [2.45, 2.75) is 347 Å². The second kappa shape index (κ2) is 55.0. The zero-order chi connectivity index (χ0) is 52.7. The molecule has 0 fully saturated rings. The number of aliphatic hydroxyl groups is 1. The van der Waals surface area contributed by atoms with Crippen LogP contribution in [0.3, 0.4) is 0 Å². The van der Waals surface area contributed by atoms with Gasteiger partial charge in [-0.1, -0.05) is 321 Å². The molecule has 8 nitrogen and oxygen atoms in total. The van der Waals surface area contributed by atoms with Crippen LogP contribution in [0.25, 0.3) is 0 Å². The van der Waals surface area contributed by atoms with Gasteiger partial charge in [0.25, 0.3) is 0 Å². The maximum absolute atomic E-state index is 13.0. The number of phosphoric acid groups is 1. The smallest absolute Gasteiger partial charge is 0.387 e. The molecule has 0 aliphatic carbocycles. The summed E-state index contributed by atoms with van der Waals surface area (Å²) in [4.78, 5) is 23.3. The van der Waals surface area contributed by atoms with Crippen molar-refractivity contribution in [1.29, 1.82) is 0 Å². The van der Waals surface area contributed by atoms with Gasteiger partial charge in [-0.2, -0.15) is 0 Å². The molecule has 0 aliphatic heterocycles. The van der Waals surface area contributed by atoms with Crippen molar-refractivity contribution in [3.63, 3.8) is 0 Å². The Labute approximate surface area is 450 Å². The SMILES string of the molecule is CCCCCCCCCCCCCCC/C=C/C(O)C(COP(=O)(O)OCC[N+](C)(C)C)NC(=O)CCCCCCCCCCCCCCCCCCCCCCCCCCCCCCCCCCCCC. The Balaban J connectivity index is 3.92. The van der Waals surface area contributed by atoms with E-state index in [0.717, 1.165) is 32.1 Å². The number of rotatable bonds is 60. The standard InChI is InChI=1S/C63H127N2O6P/c1-6-8-10-12-14-16-18-20-22-23-24-25-26-27-28-29-30-31-32-33-34-35-36-37-38-39-40-41-43-45-47-49-51-53-55-57-63(67)64-61(60-71-72(68,69)70-59-58-65(3,4)5)62(66)56-54-52-50-48-46-44-42-21-19-17-15-13-11-9-7-2/h54,56,61-62,66H,6-53,55,57-60H2,1-5H3,(H-,64,67,68,69)/p+1/b56-54+. The monoisotopic (exact) mass is 1040 g/mol. The number of phosphoric ester groups is 1. The molecule has 0 heterocycles. The van der Waals surface area contributed by atoms with Gasteiger partial charge in [0, 0.05) is 6.42 Å². The summed E-state index contributed by atoms with van der Waals surface area (Å²) in [6.45, 7) is 4.87. The lowest BCUT2D eigenvalue weighted by molar-refractivity contribution is -0.870. The molecular formula is C63H128N2O6P+. The molecule has 0 rings (SSSR count). The van der Waals surface area contributed by atoms with Crippen LogP contribution in [0.4, 0.5) is 0 Å². The summed E-state index contributed by atoms with van der Waals surface area (Å²) in [5.74, 6) is -0.169. The molecule has 0 saturated carbocycles. The summed E-state index contributed by atoms with van der Waals surface area (Å²) in [5.41, 5.74) is 0. The van der Waals surface area contributed by atoms with E-state index in [1.165, 1.54) is 283 Å². The number of allylic oxidation sites excluding steroid dienone is 1. The molecule has 0 aliphatic rings. The number of aliphatic hydroxyl groups excluding tert-OH is 1. The van der Waals surface area contributed by atoms with Crippen LogP contribution in [0.1, 0.15) is 335 Å². The number of nitrogens with one attached hydrogen (secondary N) is 1. The topological polar surface area (TPSA) is 105 Å². The molecule has 0 saturated heterocycles. The fourth-order valence-electron chi connectivity index (χ4n) is 9.99. The highest BCUT2D eigenvalue weighted by atomic mass is 31.2. The predicted octanol–water partition coefficient (Wildman–Crippen LogP) is 19.8. The minimum absolute atomic E-state index is 0.0651. The van der Waals surface area contributed by atoms with Gasteiger partial charge in [0.2, 0.25) is 5.91 Å². The molecule has 430 valence electrons. The maximum atomic E-state index is 13.0. The van der Waals surface area contributed by atoms with Gasteiger partial charge >= 0.3 is 7.82 Å². The number of hydrogen-bond donors (Lipinski definition) is 3. The van der Waals surface area contributed by atoms with Crippen molar-refractivity contribution in [3.8, 4) is 0 Å². The van der Waals surface area contributed by atoms with E-state index < -0.39 is 20.0 Å². The fraction of sp³-hybridized carbons (Fsp3) is 0.952. The van der Waals surface area contributed by atoms with Crippen molar-refractivity contribution in [3.05, 3.63) is 12.2 Å². The number of amides is 1. The summed E-state index contributed by atoms with van der Waals surface area (Å²) in [6.07, 6.45) is 69.2. The summed E-state index contributed by atoms with van der Waals surface area (Å²) < 4.78 is 23.7. The first-order valence-corrected chi connectivity index (χ1v) is 33.6. The van der Waals surface area contributed by atoms with E-state index in [-0.39, 0.29) is 19.1 Å². The van der Waals surface area contributed by atoms with E-state index in [1.54, 1.807) is 6.08 Å². The normalized spacial score (nSPS) is 13.8. The van der Waals surface area contributed by atoms with Crippen LogP contribution in [0.15, 0.2) is 12.2 Å². The molecule has 0 aromatic rings. The highest BCUT2D eigenvalue weighted by Crippen LogP contribution is 2.43. The van der Waals surface area contributed by atoms with E-state index in [1.807, 2.05) is 27.2 Å². The number of nitrogens with zero attached hydrogens (tertiary/aromatic N) is 1. The zero-order valence-electron chi connectivity index (χ0n) is 49.2. The van der Waals surface area contributed by atoms with Crippen LogP contribution in [-0.4, -0.2) is 73.4 Å². The Morgan fingerprint density at radius 2 is 0.736 bits per heavy atom. The molecule has 3 atom stereocenters. The Morgan fingerprint density at radius 1 is 0.458 bits per heavy atom. The van der Waals surface area contributed by atoms with Crippen molar-refractivity contribution < 1.29 is 32.9 Å². The second-order valence-electron chi connectivity index (χ2n) is 23.5. The number of carbonyl (C=O) groups is 1. The number of quaternary nitrogens is 1. The summed E-state index contributed by atoms with van der Waals surface area (Å²) in [5, 5.41) is 13.9. The molecule has 1 amide bonds. The molecule has 9 heteroatoms. The molecular weight excluding hydrogens is 912 g/mol. The van der Waals surface area contributed by atoms with Gasteiger partial charge in [0.15, 0.2) is 0 Å². The van der Waals surface area contributed by atoms with Gasteiger partial charge in [0.05, 0.1) is 39.9 Å². The molecule has 3 unspecified atom stereocenters. The average molecular weight is 1040 g/mol. The van der Waals surface area contributed by atoms with E-state index >= 15 is 0 Å². The van der Waals surface area contributed by atoms with Crippen molar-refractivity contribution >= 4 is 13.7 Å². The van der Waals surface area contributed by atoms with Crippen molar-refractivity contribution in [2.24, 2.45) is 0 Å². The van der Waals surface area contributed by atoms with Gasteiger partial charge in [-0.3, -0.25) is 13.8 Å². The maximum Gasteiger partial charge on any atom is 0.472 e. The van der Waals surface area contributed by atoms with Crippen LogP contribution in [0, 0.1) is 0 Å². The van der Waals surface area contributed by atoms with Gasteiger partial charge in [-0.15, -0.1) is 0 Å². The van der Waals surface area contributed by atoms with Crippen molar-refractivity contribution in [2.75, 3.05) is 40.9 Å². The van der Waals surface area contributed by atoms with Crippen LogP contribution < -0.4 is 5.32 Å². The fourth-order valence-corrected chi connectivity index (χ4v) is 10.7. The lowest BCUT2D eigenvalue weighted by Gasteiger charge is -2.25. The highest BCUT2D eigenvalue weighted by molar-refractivity contribution is 7.47. The molecule has 0 aromatic heterocycles. The molecule has 0 radical (unpaired) electrons. The van der Waals surface area contributed by atoms with E-state index in [4.69, 9.17) is 9.05 Å². The lowest BCUT2D eigenvalue weighted by Crippen LogP contribution is -2.45. The van der Waals surface area contributed by atoms with E-state index in [2.05, 4.69) is 19.2 Å². The first-order valence-electron chi connectivity index (χ1n) is 32.1. The lowest BCUT2D eigenvalue weighted by atomic mass is 10.0. The quantitative estimate of drug-likeness (QED) is 0.0243. The Hall–Kier alpha value is -0.760. The van der Waals surface area contributed by atoms with Crippen molar-refractivity contribution in [1.82, 2.24) is 5.32 Å². The number of likely N-dealkylation sites (N-methyl/N-ethyl adjacent to an activating group) is 1. The average Bonchev–Trinajstić information content (AvgIpc) is 3.34. The first kappa shape index (κ1) is 71.2. The third kappa shape index (κ3) is 57.0. The van der Waals surface area contributed by atoms with E-state index in [9.17, 15) is 19.4 Å². The second-order valence-corrected chi connectivity index (χ2v) is 25.0. The van der Waals surface area contributed by atoms with Gasteiger partial charge < -0.3 is 19.8 Å². The molecule has 0 aromatic carbocycles. The van der Waals surface area contributed by atoms with Crippen LogP contribution >= 0.6 is 7.82 Å². The van der Waals surface area contributed by atoms with Gasteiger partial charge in [-0.05, 0) is 19.3 Å². The minimum Gasteiger partial charge on any atom is -0.387 e. The third-order valence-electron chi connectivity index (χ3n) is 15.0. The first-order chi connectivity index (χ1) is 35.0. The summed E-state index contributed by atoms with van der Waals surface area (Å²) >= 11 is 0. The third-order valence-corrected chi connectivity index (χ3v) is 16.0. The number of unbranched alkanes of at least 4 members (excludes halogenated alkanes) is 47. The Kier molecular flexibility index (Phi) is 54.4. The van der Waals surface area contributed by atoms with Crippen LogP contribution in [0.5, 0.6) is 0 Å². The van der Waals surface area contributed by atoms with Crippen LogP contribution in [0.2, 0.25) is 0 Å². The Bertz CT molecular complexity index is 1180. The number of carbonyl (C=O) groups excluding carboxylic acids is 1. The largest absolute Gasteiger partial charge is 0.472 e.